The number of benzene rings is 1. The zero-order chi connectivity index (χ0) is 21.3. The van der Waals surface area contributed by atoms with Crippen molar-refractivity contribution in [2.75, 3.05) is 13.1 Å². The van der Waals surface area contributed by atoms with Gasteiger partial charge in [0.15, 0.2) is 5.78 Å². The normalized spacial score (nSPS) is 22.2. The van der Waals surface area contributed by atoms with E-state index in [0.29, 0.717) is 30.8 Å². The molecule has 2 atom stereocenters. The van der Waals surface area contributed by atoms with Crippen LogP contribution in [0.1, 0.15) is 36.6 Å². The van der Waals surface area contributed by atoms with Crippen molar-refractivity contribution in [2.24, 2.45) is 5.92 Å². The lowest BCUT2D eigenvalue weighted by Crippen LogP contribution is -2.42. The van der Waals surface area contributed by atoms with Gasteiger partial charge >= 0.3 is 5.97 Å². The fraction of sp³-hybridized carbons (Fsp3) is 0.429. The molecule has 1 saturated carbocycles. The van der Waals surface area contributed by atoms with Crippen molar-refractivity contribution >= 4 is 30.5 Å². The van der Waals surface area contributed by atoms with Gasteiger partial charge in [-0.15, -0.1) is 5.10 Å². The highest BCUT2D eigenvalue weighted by molar-refractivity contribution is 7.81. The molecule has 1 aromatic heterocycles. The first-order chi connectivity index (χ1) is 14.4. The van der Waals surface area contributed by atoms with Crippen LogP contribution >= 0.6 is 12.6 Å². The minimum Gasteiger partial charge on any atom is -0.480 e. The number of Topliss-reactive ketones (excluding diaryl/α,β-unsaturated/α-hetero) is 1. The predicted molar refractivity (Wildman–Crippen MR) is 111 cm³/mol. The van der Waals surface area contributed by atoms with E-state index in [0.717, 1.165) is 18.4 Å². The van der Waals surface area contributed by atoms with Gasteiger partial charge in [0.1, 0.15) is 18.1 Å². The molecule has 1 aromatic carbocycles. The maximum absolute atomic E-state index is 14.6. The molecule has 0 bridgehead atoms. The molecule has 2 aromatic rings. The van der Waals surface area contributed by atoms with Gasteiger partial charge in [0.05, 0.1) is 12.2 Å². The van der Waals surface area contributed by atoms with Crippen LogP contribution in [0, 0.1) is 11.7 Å². The predicted octanol–water partition coefficient (Wildman–Crippen LogP) is 2.61. The molecule has 30 heavy (non-hydrogen) atoms. The highest BCUT2D eigenvalue weighted by Crippen LogP contribution is 2.39. The molecule has 4 rings (SSSR count). The Hall–Kier alpha value is -2.52. The van der Waals surface area contributed by atoms with Crippen LogP contribution < -0.4 is 0 Å². The van der Waals surface area contributed by atoms with E-state index < -0.39 is 12.0 Å². The first-order valence-electron chi connectivity index (χ1n) is 9.95. The number of rotatable bonds is 7. The van der Waals surface area contributed by atoms with Crippen LogP contribution in [0.5, 0.6) is 0 Å². The summed E-state index contributed by atoms with van der Waals surface area (Å²) in [6.07, 6.45) is 5.82. The summed E-state index contributed by atoms with van der Waals surface area (Å²) in [6, 6.07) is 5.85. The molecule has 1 saturated heterocycles. The molecule has 9 heteroatoms. The Labute approximate surface area is 179 Å². The molecule has 7 nitrogen and oxygen atoms in total. The maximum Gasteiger partial charge on any atom is 0.325 e. The average molecular weight is 431 g/mol. The third-order valence-corrected chi connectivity index (χ3v) is 6.09. The minimum absolute atomic E-state index is 0.00618. The van der Waals surface area contributed by atoms with Crippen LogP contribution in [-0.2, 0) is 16.1 Å². The van der Waals surface area contributed by atoms with Gasteiger partial charge in [-0.2, -0.15) is 12.6 Å². The van der Waals surface area contributed by atoms with Crippen LogP contribution in [0.15, 0.2) is 36.0 Å². The van der Waals surface area contributed by atoms with Gasteiger partial charge in [0, 0.05) is 29.8 Å². The summed E-state index contributed by atoms with van der Waals surface area (Å²) in [5.41, 5.74) is 1.89. The van der Waals surface area contributed by atoms with Crippen LogP contribution in [0.2, 0.25) is 0 Å². The summed E-state index contributed by atoms with van der Waals surface area (Å²) >= 11 is 4.67. The van der Waals surface area contributed by atoms with E-state index in [4.69, 9.17) is 5.11 Å². The lowest BCUT2D eigenvalue weighted by atomic mass is 9.93. The summed E-state index contributed by atoms with van der Waals surface area (Å²) in [6.45, 7) is 0.823. The number of carboxylic acid groups (broad SMARTS) is 1. The van der Waals surface area contributed by atoms with E-state index in [-0.39, 0.29) is 29.3 Å². The number of hydrogen-bond acceptors (Lipinski definition) is 6. The van der Waals surface area contributed by atoms with Crippen molar-refractivity contribution in [1.82, 2.24) is 19.9 Å². The number of aliphatic carboxylic acids is 1. The monoisotopic (exact) mass is 430 g/mol. The highest BCUT2D eigenvalue weighted by Gasteiger charge is 2.40. The molecule has 2 heterocycles. The number of carbonyl (C=O) groups excluding carboxylic acids is 1. The largest absolute Gasteiger partial charge is 0.480 e. The number of carbonyl (C=O) groups is 2. The molecule has 1 aliphatic carbocycles. The smallest absolute Gasteiger partial charge is 0.325 e. The van der Waals surface area contributed by atoms with E-state index >= 15 is 0 Å². The Kier molecular flexibility index (Phi) is 6.01. The molecule has 1 N–H and O–H groups in total. The third kappa shape index (κ3) is 4.62. The van der Waals surface area contributed by atoms with Gasteiger partial charge in [-0.1, -0.05) is 23.4 Å². The molecule has 1 aliphatic heterocycles. The minimum atomic E-state index is -0.999. The van der Waals surface area contributed by atoms with Crippen molar-refractivity contribution in [3.05, 3.63) is 53.1 Å². The third-order valence-electron chi connectivity index (χ3n) is 5.50. The first kappa shape index (κ1) is 20.7. The summed E-state index contributed by atoms with van der Waals surface area (Å²) < 4.78 is 15.8. The zero-order valence-corrected chi connectivity index (χ0v) is 17.2. The highest BCUT2D eigenvalue weighted by atomic mass is 32.1. The fourth-order valence-corrected chi connectivity index (χ4v) is 4.13. The Balaban J connectivity index is 1.60. The number of nitrogens with zero attached hydrogens (tertiary/aromatic N) is 4. The molecular formula is C21H23FN4O3S. The van der Waals surface area contributed by atoms with Crippen molar-refractivity contribution in [3.63, 3.8) is 0 Å². The molecule has 0 radical (unpaired) electrons. The van der Waals surface area contributed by atoms with Gasteiger partial charge in [0.25, 0.3) is 0 Å². The summed E-state index contributed by atoms with van der Waals surface area (Å²) in [7, 11) is 0. The standard InChI is InChI=1S/C21H23FN4O3S/c22-17-4-2-1-3-16(17)20(21(29)13-5-6-13)25-8-7-18(30)14(10-25)9-15-11-26(24-23-15)12-19(27)28/h1-4,9,11,13,18,20,30H,5-8,10,12H2,(H,27,28)/b14-9-. The van der Waals surface area contributed by atoms with Crippen LogP contribution in [0.4, 0.5) is 4.39 Å². The van der Waals surface area contributed by atoms with Crippen molar-refractivity contribution < 1.29 is 19.1 Å². The molecule has 2 fully saturated rings. The van der Waals surface area contributed by atoms with Gasteiger partial charge in [-0.25, -0.2) is 9.07 Å². The van der Waals surface area contributed by atoms with Gasteiger partial charge in [0.2, 0.25) is 0 Å². The topological polar surface area (TPSA) is 88.3 Å². The lowest BCUT2D eigenvalue weighted by molar-refractivity contribution is -0.138. The van der Waals surface area contributed by atoms with Crippen LogP contribution in [0.3, 0.4) is 0 Å². The fourth-order valence-electron chi connectivity index (χ4n) is 3.86. The second kappa shape index (κ2) is 8.69. The number of hydrogen-bond donors (Lipinski definition) is 2. The number of carboxylic acids is 1. The average Bonchev–Trinajstić information content (AvgIpc) is 3.47. The van der Waals surface area contributed by atoms with E-state index in [9.17, 15) is 14.0 Å². The van der Waals surface area contributed by atoms with Gasteiger partial charge in [-0.05, 0) is 37.0 Å². The molecule has 0 amide bonds. The van der Waals surface area contributed by atoms with Crippen molar-refractivity contribution in [1.29, 1.82) is 0 Å². The van der Waals surface area contributed by atoms with Crippen molar-refractivity contribution in [2.45, 2.75) is 37.1 Å². The Morgan fingerprint density at radius 1 is 1.30 bits per heavy atom. The Morgan fingerprint density at radius 2 is 2.07 bits per heavy atom. The summed E-state index contributed by atoms with van der Waals surface area (Å²) in [5.74, 6) is -1.29. The second-order valence-corrected chi connectivity index (χ2v) is 8.45. The van der Waals surface area contributed by atoms with E-state index in [1.807, 2.05) is 11.0 Å². The molecular weight excluding hydrogens is 407 g/mol. The van der Waals surface area contributed by atoms with Crippen molar-refractivity contribution in [3.8, 4) is 0 Å². The van der Waals surface area contributed by atoms with E-state index in [1.54, 1.807) is 24.4 Å². The Bertz CT molecular complexity index is 988. The number of aromatic nitrogens is 3. The molecule has 0 spiro atoms. The van der Waals surface area contributed by atoms with Crippen LogP contribution in [0.25, 0.3) is 6.08 Å². The quantitative estimate of drug-likeness (QED) is 0.657. The zero-order valence-electron chi connectivity index (χ0n) is 16.3. The van der Waals surface area contributed by atoms with Gasteiger partial charge < -0.3 is 5.11 Å². The lowest BCUT2D eigenvalue weighted by Gasteiger charge is -2.37. The van der Waals surface area contributed by atoms with Gasteiger partial charge in [-0.3, -0.25) is 14.5 Å². The van der Waals surface area contributed by atoms with Crippen LogP contribution in [-0.4, -0.2) is 55.1 Å². The number of piperidine rings is 1. The summed E-state index contributed by atoms with van der Waals surface area (Å²) in [4.78, 5) is 25.9. The second-order valence-electron chi connectivity index (χ2n) is 7.83. The van der Waals surface area contributed by atoms with E-state index in [1.165, 1.54) is 10.7 Å². The molecule has 2 unspecified atom stereocenters. The molecule has 2 aliphatic rings. The number of thiol groups is 1. The number of ketones is 1. The molecule has 158 valence electrons. The first-order valence-corrected chi connectivity index (χ1v) is 10.5. The SMILES string of the molecule is O=C(O)Cn1cc(/C=C2/CN(C(C(=O)C3CC3)c3ccccc3F)CCC2S)nn1. The Morgan fingerprint density at radius 3 is 2.77 bits per heavy atom. The number of likely N-dealkylation sites (tertiary alicyclic amines) is 1. The maximum atomic E-state index is 14.6. The van der Waals surface area contributed by atoms with E-state index in [2.05, 4.69) is 22.9 Å². The number of halogens is 1. The summed E-state index contributed by atoms with van der Waals surface area (Å²) in [5, 5.41) is 16.7.